The van der Waals surface area contributed by atoms with Crippen molar-refractivity contribution in [3.63, 3.8) is 0 Å². The van der Waals surface area contributed by atoms with Crippen molar-refractivity contribution in [2.24, 2.45) is 0 Å². The average Bonchev–Trinajstić information content (AvgIpc) is 3.05. The lowest BCUT2D eigenvalue weighted by Crippen LogP contribution is -2.36. The van der Waals surface area contributed by atoms with Crippen LogP contribution in [0.3, 0.4) is 0 Å². The molecule has 1 aliphatic rings. The average molecular weight is 337 g/mol. The van der Waals surface area contributed by atoms with Crippen molar-refractivity contribution >= 4 is 32.5 Å². The second-order valence-electron chi connectivity index (χ2n) is 5.08. The van der Waals surface area contributed by atoms with E-state index in [0.717, 1.165) is 14.7 Å². The summed E-state index contributed by atoms with van der Waals surface area (Å²) < 4.78 is 26.1. The molecule has 1 saturated heterocycles. The first-order chi connectivity index (χ1) is 10.4. The lowest BCUT2D eigenvalue weighted by molar-refractivity contribution is 0.239. The number of thiazole rings is 1. The Bertz CT molecular complexity index is 812. The van der Waals surface area contributed by atoms with Gasteiger partial charge in [-0.2, -0.15) is 0 Å². The summed E-state index contributed by atoms with van der Waals surface area (Å²) >= 11 is 1.37. The molecule has 1 aromatic heterocycles. The van der Waals surface area contributed by atoms with Crippen LogP contribution < -0.4 is 4.90 Å². The normalized spacial score (nSPS) is 15.6. The van der Waals surface area contributed by atoms with Crippen LogP contribution >= 0.6 is 11.3 Å². The van der Waals surface area contributed by atoms with Gasteiger partial charge in [0.25, 0.3) is 10.0 Å². The molecule has 0 atom stereocenters. The fourth-order valence-electron chi connectivity index (χ4n) is 2.22. The molecule has 0 aliphatic carbocycles. The first-order valence-electron chi connectivity index (χ1n) is 6.73. The molecular formula is C14H15N3O3S2. The Kier molecular flexibility index (Phi) is 3.65. The molecule has 0 N–H and O–H groups in total. The Morgan fingerprint density at radius 3 is 2.41 bits per heavy atom. The predicted octanol–water partition coefficient (Wildman–Crippen LogP) is 2.39. The van der Waals surface area contributed by atoms with Crippen molar-refractivity contribution in [1.29, 1.82) is 0 Å². The highest BCUT2D eigenvalue weighted by molar-refractivity contribution is 7.89. The zero-order valence-electron chi connectivity index (χ0n) is 12.2. The predicted molar refractivity (Wildman–Crippen MR) is 84.7 cm³/mol. The van der Waals surface area contributed by atoms with E-state index in [9.17, 15) is 13.2 Å². The van der Waals surface area contributed by atoms with E-state index in [1.807, 2.05) is 13.8 Å². The highest BCUT2D eigenvalue weighted by Crippen LogP contribution is 2.28. The van der Waals surface area contributed by atoms with Crippen molar-refractivity contribution < 1.29 is 13.2 Å². The van der Waals surface area contributed by atoms with Crippen LogP contribution in [0.4, 0.5) is 9.93 Å². The zero-order chi connectivity index (χ0) is 15.9. The molecule has 0 saturated carbocycles. The van der Waals surface area contributed by atoms with Gasteiger partial charge in [0.2, 0.25) is 0 Å². The van der Waals surface area contributed by atoms with Crippen LogP contribution in [0, 0.1) is 13.8 Å². The second-order valence-corrected chi connectivity index (χ2v) is 8.15. The molecule has 1 aliphatic heterocycles. The number of urea groups is 1. The van der Waals surface area contributed by atoms with Crippen LogP contribution in [0.25, 0.3) is 0 Å². The third-order valence-corrected chi connectivity index (χ3v) is 6.14. The molecule has 0 spiro atoms. The molecule has 0 unspecified atom stereocenters. The minimum Gasteiger partial charge on any atom is -0.267 e. The largest absolute Gasteiger partial charge is 0.340 e. The van der Waals surface area contributed by atoms with Gasteiger partial charge in [-0.25, -0.2) is 22.5 Å². The van der Waals surface area contributed by atoms with Crippen LogP contribution in [-0.2, 0) is 10.0 Å². The van der Waals surface area contributed by atoms with Gasteiger partial charge in [0.15, 0.2) is 5.13 Å². The molecule has 2 heterocycles. The van der Waals surface area contributed by atoms with Gasteiger partial charge in [-0.3, -0.25) is 4.90 Å². The van der Waals surface area contributed by atoms with Crippen molar-refractivity contribution in [3.8, 4) is 0 Å². The molecule has 0 radical (unpaired) electrons. The number of amides is 2. The number of sulfonamides is 1. The van der Waals surface area contributed by atoms with Crippen molar-refractivity contribution in [2.75, 3.05) is 18.0 Å². The number of nitrogens with zero attached hydrogens (tertiary/aromatic N) is 3. The molecule has 1 aromatic carbocycles. The fourth-order valence-corrected chi connectivity index (χ4v) is 4.36. The van der Waals surface area contributed by atoms with E-state index in [2.05, 4.69) is 4.98 Å². The Labute approximate surface area is 133 Å². The van der Waals surface area contributed by atoms with Gasteiger partial charge in [0, 0.05) is 17.6 Å². The topological polar surface area (TPSA) is 70.6 Å². The number of hydrogen-bond donors (Lipinski definition) is 0. The van der Waals surface area contributed by atoms with Crippen LogP contribution in [-0.4, -0.2) is 36.8 Å². The summed E-state index contributed by atoms with van der Waals surface area (Å²) in [6.07, 6.45) is 1.67. The second kappa shape index (κ2) is 5.36. The van der Waals surface area contributed by atoms with Gasteiger partial charge >= 0.3 is 6.03 Å². The van der Waals surface area contributed by atoms with E-state index in [-0.39, 0.29) is 11.4 Å². The summed E-state index contributed by atoms with van der Waals surface area (Å²) in [6, 6.07) is 5.93. The molecule has 2 aromatic rings. The molecule has 3 rings (SSSR count). The minimum absolute atomic E-state index is 0.128. The van der Waals surface area contributed by atoms with Gasteiger partial charge in [0.05, 0.1) is 11.4 Å². The van der Waals surface area contributed by atoms with Crippen LogP contribution in [0.2, 0.25) is 0 Å². The summed E-state index contributed by atoms with van der Waals surface area (Å²) in [5.41, 5.74) is 0.964. The first kappa shape index (κ1) is 15.0. The van der Waals surface area contributed by atoms with Crippen LogP contribution in [0.15, 0.2) is 35.4 Å². The van der Waals surface area contributed by atoms with Gasteiger partial charge < -0.3 is 0 Å². The van der Waals surface area contributed by atoms with E-state index in [1.165, 1.54) is 28.4 Å². The number of aromatic nitrogens is 1. The van der Waals surface area contributed by atoms with E-state index in [4.69, 9.17) is 0 Å². The monoisotopic (exact) mass is 337 g/mol. The van der Waals surface area contributed by atoms with Crippen molar-refractivity contribution in [3.05, 3.63) is 40.9 Å². The van der Waals surface area contributed by atoms with Gasteiger partial charge in [-0.05, 0) is 26.0 Å². The maximum absolute atomic E-state index is 12.6. The maximum atomic E-state index is 12.6. The third kappa shape index (κ3) is 2.48. The summed E-state index contributed by atoms with van der Waals surface area (Å²) in [5, 5.41) is 0.532. The number of hydrogen-bond acceptors (Lipinski definition) is 5. The summed E-state index contributed by atoms with van der Waals surface area (Å²) in [6.45, 7) is 4.22. The standard InChI is InChI=1S/C14H15N3O3S2/c1-10-3-5-12(6-4-10)22(19,20)17-8-7-16(14(17)18)13-15-9-11(2)21-13/h3-6,9H,7-8H2,1-2H3. The van der Waals surface area contributed by atoms with E-state index in [1.54, 1.807) is 18.3 Å². The number of carbonyl (C=O) groups is 1. The Morgan fingerprint density at radius 2 is 1.82 bits per heavy atom. The Hall–Kier alpha value is -1.93. The fraction of sp³-hybridized carbons (Fsp3) is 0.286. The lowest BCUT2D eigenvalue weighted by atomic mass is 10.2. The SMILES string of the molecule is Cc1ccc(S(=O)(=O)N2CCN(c3ncc(C)s3)C2=O)cc1. The number of rotatable bonds is 3. The molecule has 8 heteroatoms. The van der Waals surface area contributed by atoms with Crippen LogP contribution in [0.5, 0.6) is 0 Å². The summed E-state index contributed by atoms with van der Waals surface area (Å²) in [5.74, 6) is 0. The lowest BCUT2D eigenvalue weighted by Gasteiger charge is -2.17. The third-order valence-electron chi connectivity index (χ3n) is 3.42. The number of benzene rings is 1. The highest BCUT2D eigenvalue weighted by atomic mass is 32.2. The minimum atomic E-state index is -3.82. The van der Waals surface area contributed by atoms with E-state index >= 15 is 0 Å². The highest BCUT2D eigenvalue weighted by Gasteiger charge is 2.39. The molecule has 0 bridgehead atoms. The Balaban J connectivity index is 1.90. The van der Waals surface area contributed by atoms with Crippen molar-refractivity contribution in [1.82, 2.24) is 9.29 Å². The molecule has 2 amide bonds. The molecule has 116 valence electrons. The van der Waals surface area contributed by atoms with E-state index in [0.29, 0.717) is 11.7 Å². The number of carbonyl (C=O) groups excluding carboxylic acids is 1. The smallest absolute Gasteiger partial charge is 0.267 e. The number of aryl methyl sites for hydroxylation is 2. The Morgan fingerprint density at radius 1 is 1.14 bits per heavy atom. The van der Waals surface area contributed by atoms with Gasteiger partial charge in [-0.1, -0.05) is 17.7 Å². The van der Waals surface area contributed by atoms with Gasteiger partial charge in [0.1, 0.15) is 0 Å². The van der Waals surface area contributed by atoms with E-state index < -0.39 is 16.1 Å². The molecule has 22 heavy (non-hydrogen) atoms. The quantitative estimate of drug-likeness (QED) is 0.862. The molecule has 6 nitrogen and oxygen atoms in total. The van der Waals surface area contributed by atoms with Gasteiger partial charge in [-0.15, -0.1) is 11.3 Å². The van der Waals surface area contributed by atoms with Crippen molar-refractivity contribution in [2.45, 2.75) is 18.7 Å². The maximum Gasteiger partial charge on any atom is 0.340 e. The van der Waals surface area contributed by atoms with Crippen LogP contribution in [0.1, 0.15) is 10.4 Å². The summed E-state index contributed by atoms with van der Waals surface area (Å²) in [4.78, 5) is 19.1. The first-order valence-corrected chi connectivity index (χ1v) is 8.98. The zero-order valence-corrected chi connectivity index (χ0v) is 13.8. The number of anilines is 1. The summed E-state index contributed by atoms with van der Waals surface area (Å²) in [7, 11) is -3.82. The molecular weight excluding hydrogens is 322 g/mol. The molecule has 1 fully saturated rings.